The lowest BCUT2D eigenvalue weighted by atomic mass is 9.89. The van der Waals surface area contributed by atoms with Gasteiger partial charge in [-0.2, -0.15) is 0 Å². The molecule has 0 spiro atoms. The molecule has 1 unspecified atom stereocenters. The van der Waals surface area contributed by atoms with E-state index in [9.17, 15) is 34.4 Å². The van der Waals surface area contributed by atoms with Crippen molar-refractivity contribution in [2.24, 2.45) is 11.8 Å². The maximum absolute atomic E-state index is 12.9. The lowest BCUT2D eigenvalue weighted by Crippen LogP contribution is -2.37. The van der Waals surface area contributed by atoms with Crippen molar-refractivity contribution in [3.05, 3.63) is 47.0 Å². The van der Waals surface area contributed by atoms with E-state index in [0.717, 1.165) is 75.7 Å². The van der Waals surface area contributed by atoms with E-state index in [1.165, 1.54) is 43.2 Å². The van der Waals surface area contributed by atoms with Crippen LogP contribution in [-0.2, 0) is 45.5 Å². The zero-order valence-corrected chi connectivity index (χ0v) is 41.7. The molecule has 1 aliphatic rings. The smallest absolute Gasteiger partial charge is 0.466 e. The molecule has 0 saturated heterocycles. The van der Waals surface area contributed by atoms with Gasteiger partial charge in [0, 0.05) is 38.0 Å². The van der Waals surface area contributed by atoms with Crippen LogP contribution in [0.25, 0.3) is 0 Å². The molecule has 7 atom stereocenters. The van der Waals surface area contributed by atoms with Gasteiger partial charge in [0.1, 0.15) is 31.3 Å². The average Bonchev–Trinajstić information content (AvgIpc) is 3.66. The van der Waals surface area contributed by atoms with E-state index in [2.05, 4.69) is 27.7 Å². The number of furan rings is 1. The molecule has 1 aromatic rings. The predicted molar refractivity (Wildman–Crippen MR) is 253 cm³/mol. The summed E-state index contributed by atoms with van der Waals surface area (Å²) in [5.74, 6) is 0.876. The minimum absolute atomic E-state index is 0.0185. The summed E-state index contributed by atoms with van der Waals surface area (Å²) in [4.78, 5) is 35.8. The minimum Gasteiger partial charge on any atom is -0.466 e. The summed E-state index contributed by atoms with van der Waals surface area (Å²) < 4.78 is 40.6. The van der Waals surface area contributed by atoms with E-state index < -0.39 is 50.8 Å². The third-order valence-electron chi connectivity index (χ3n) is 12.3. The molecule has 0 radical (unpaired) electrons. The topological polar surface area (TPSA) is 182 Å². The van der Waals surface area contributed by atoms with Crippen molar-refractivity contribution < 1.29 is 61.8 Å². The number of aliphatic hydroxyl groups excluding tert-OH is 3. The van der Waals surface area contributed by atoms with E-state index in [0.29, 0.717) is 43.1 Å². The Hall–Kier alpha value is -2.35. The van der Waals surface area contributed by atoms with E-state index in [-0.39, 0.29) is 44.3 Å². The third kappa shape index (κ3) is 25.5. The molecule has 1 aromatic heterocycles. The van der Waals surface area contributed by atoms with Crippen molar-refractivity contribution in [3.8, 4) is 0 Å². The number of esters is 2. The van der Waals surface area contributed by atoms with Gasteiger partial charge in [0.2, 0.25) is 0 Å². The molecule has 0 amide bonds. The van der Waals surface area contributed by atoms with Crippen molar-refractivity contribution >= 4 is 19.8 Å². The Bertz CT molecular complexity index is 1540. The molecule has 1 fully saturated rings. The molecule has 13 nitrogen and oxygen atoms in total. The molecule has 2 rings (SSSR count). The second kappa shape index (κ2) is 32.4. The summed E-state index contributed by atoms with van der Waals surface area (Å²) in [6.07, 6.45) is 24.3. The molecule has 14 heteroatoms. The quantitative estimate of drug-likeness (QED) is 0.0163. The number of carbonyl (C=O) groups excluding carboxylic acids is 2. The SMILES string of the molecule is CCCCCc1oc(CCCCCCCCCCC(=O)OC[C@H](COP(=O)(O)OCC[N+](C)(C)C)OC(=O)CCC/C=C/C[C@@H]2[C@@H](/C=C/[C@@H](O)CCCCC)[C@H](O)C[C@@H]2O)c(C)c1C. The van der Waals surface area contributed by atoms with Crippen LogP contribution in [0.15, 0.2) is 28.7 Å². The van der Waals surface area contributed by atoms with Crippen molar-refractivity contribution in [3.63, 3.8) is 0 Å². The average molecular weight is 927 g/mol. The predicted octanol–water partition coefficient (Wildman–Crippen LogP) is 9.95. The van der Waals surface area contributed by atoms with Gasteiger partial charge in [-0.1, -0.05) is 109 Å². The molecule has 64 heavy (non-hydrogen) atoms. The van der Waals surface area contributed by atoms with Crippen LogP contribution < -0.4 is 0 Å². The van der Waals surface area contributed by atoms with E-state index in [1.54, 1.807) is 6.08 Å². The second-order valence-corrected chi connectivity index (χ2v) is 20.5. The highest BCUT2D eigenvalue weighted by molar-refractivity contribution is 7.47. The number of allylic oxidation sites excluding steroid dienone is 2. The van der Waals surface area contributed by atoms with Crippen LogP contribution in [0.3, 0.4) is 0 Å². The van der Waals surface area contributed by atoms with Gasteiger partial charge in [0.25, 0.3) is 0 Å². The molecule has 0 bridgehead atoms. The molecule has 0 aromatic carbocycles. The highest BCUT2D eigenvalue weighted by Gasteiger charge is 2.39. The Morgan fingerprint density at radius 1 is 0.781 bits per heavy atom. The number of carbonyl (C=O) groups is 2. The first-order valence-corrected chi connectivity index (χ1v) is 26.2. The minimum atomic E-state index is -4.46. The molecule has 0 aliphatic heterocycles. The van der Waals surface area contributed by atoms with Gasteiger partial charge >= 0.3 is 19.8 Å². The summed E-state index contributed by atoms with van der Waals surface area (Å²) in [5, 5.41) is 31.5. The molecule has 1 heterocycles. The first-order chi connectivity index (χ1) is 30.5. The summed E-state index contributed by atoms with van der Waals surface area (Å²) in [6.45, 7) is 8.34. The summed E-state index contributed by atoms with van der Waals surface area (Å²) >= 11 is 0. The lowest BCUT2D eigenvalue weighted by molar-refractivity contribution is -0.870. The van der Waals surface area contributed by atoms with Crippen LogP contribution in [0.1, 0.15) is 171 Å². The summed E-state index contributed by atoms with van der Waals surface area (Å²) in [5.41, 5.74) is 2.63. The van der Waals surface area contributed by atoms with Gasteiger partial charge in [0.05, 0.1) is 46.1 Å². The second-order valence-electron chi connectivity index (χ2n) is 19.0. The zero-order chi connectivity index (χ0) is 47.4. The van der Waals surface area contributed by atoms with Gasteiger partial charge in [-0.15, -0.1) is 0 Å². The molecule has 1 saturated carbocycles. The van der Waals surface area contributed by atoms with Gasteiger partial charge in [0.15, 0.2) is 6.10 Å². The number of hydrogen-bond acceptors (Lipinski definition) is 11. The first-order valence-electron chi connectivity index (χ1n) is 24.7. The number of aliphatic hydroxyl groups is 3. The number of hydrogen-bond donors (Lipinski definition) is 4. The maximum Gasteiger partial charge on any atom is 0.472 e. The van der Waals surface area contributed by atoms with Crippen molar-refractivity contribution in [1.29, 1.82) is 0 Å². The number of unbranched alkanes of at least 4 members (excludes halogenated alkanes) is 12. The van der Waals surface area contributed by atoms with Crippen LogP contribution in [0.4, 0.5) is 0 Å². The highest BCUT2D eigenvalue weighted by atomic mass is 31.2. The fourth-order valence-electron chi connectivity index (χ4n) is 8.01. The summed E-state index contributed by atoms with van der Waals surface area (Å²) in [7, 11) is 1.31. The van der Waals surface area contributed by atoms with Gasteiger partial charge in [-0.05, 0) is 75.8 Å². The molecular weight excluding hydrogens is 838 g/mol. The van der Waals surface area contributed by atoms with Crippen LogP contribution in [0.2, 0.25) is 0 Å². The number of rotatable bonds is 37. The Kier molecular flexibility index (Phi) is 29.2. The first kappa shape index (κ1) is 57.8. The lowest BCUT2D eigenvalue weighted by Gasteiger charge is -2.24. The van der Waals surface area contributed by atoms with Crippen LogP contribution in [0.5, 0.6) is 0 Å². The normalized spacial score (nSPS) is 20.0. The summed E-state index contributed by atoms with van der Waals surface area (Å²) in [6, 6.07) is 0. The van der Waals surface area contributed by atoms with Crippen molar-refractivity contribution in [2.45, 2.75) is 200 Å². The molecular formula is C50H89NO12P+. The zero-order valence-electron chi connectivity index (χ0n) is 40.8. The van der Waals surface area contributed by atoms with E-state index >= 15 is 0 Å². The fraction of sp³-hybridized carbons (Fsp3) is 0.800. The number of ether oxygens (including phenoxy) is 2. The molecule has 1 aliphatic carbocycles. The van der Waals surface area contributed by atoms with Crippen LogP contribution in [-0.4, -0.2) is 109 Å². The molecule has 370 valence electrons. The largest absolute Gasteiger partial charge is 0.472 e. The number of likely N-dealkylation sites (N-methyl/N-ethyl adjacent to an activating group) is 1. The van der Waals surface area contributed by atoms with E-state index in [1.807, 2.05) is 39.4 Å². The van der Waals surface area contributed by atoms with E-state index in [4.69, 9.17) is 22.9 Å². The van der Waals surface area contributed by atoms with Crippen molar-refractivity contribution in [1.82, 2.24) is 0 Å². The standard InChI is InChI=1S/C50H88NO12P/c1-8-10-20-26-41(52)32-33-44-43(45(53)36-46(44)54)27-22-18-19-25-31-50(56)62-42(38-61-64(57,58)60-35-34-51(5,6)7)37-59-49(55)30-24-17-15-13-12-14-16-23-29-48-40(4)39(3)47(63-48)28-21-11-9-2/h18,22,32-33,41-46,52-54H,8-17,19-21,23-31,34-38H2,1-7H3/p+1/b22-18+,33-32+/t41-,42+,43+,44+,45-,46+/m0/s1. The molecule has 4 N–H and O–H groups in total. The number of nitrogens with zero attached hydrogens (tertiary/aromatic N) is 1. The van der Waals surface area contributed by atoms with Gasteiger partial charge in [-0.3, -0.25) is 18.6 Å². The Morgan fingerprint density at radius 3 is 2.02 bits per heavy atom. The number of aryl methyl sites for hydroxylation is 2. The van der Waals surface area contributed by atoms with Crippen molar-refractivity contribution in [2.75, 3.05) is 47.5 Å². The maximum atomic E-state index is 12.9. The number of phosphoric acid groups is 1. The van der Waals surface area contributed by atoms with Crippen LogP contribution in [0, 0.1) is 25.7 Å². The number of phosphoric ester groups is 1. The number of quaternary nitrogens is 1. The Balaban J connectivity index is 1.74. The monoisotopic (exact) mass is 927 g/mol. The van der Waals surface area contributed by atoms with Gasteiger partial charge < -0.3 is 38.6 Å². The third-order valence-corrected chi connectivity index (χ3v) is 13.2. The Labute approximate surface area is 386 Å². The van der Waals surface area contributed by atoms with Crippen LogP contribution >= 0.6 is 7.82 Å². The Morgan fingerprint density at radius 2 is 1.38 bits per heavy atom. The van der Waals surface area contributed by atoms with Gasteiger partial charge in [-0.25, -0.2) is 4.57 Å². The highest BCUT2D eigenvalue weighted by Crippen LogP contribution is 2.43. The fourth-order valence-corrected chi connectivity index (χ4v) is 8.75.